The Morgan fingerprint density at radius 1 is 0.925 bits per heavy atom. The number of nitrogens with zero attached hydrogens (tertiary/aromatic N) is 1. The normalized spacial score (nSPS) is 11.9. The van der Waals surface area contributed by atoms with E-state index in [9.17, 15) is 14.7 Å². The number of aromatic hydroxyl groups is 1. The Kier molecular flexibility index (Phi) is 7.94. The van der Waals surface area contributed by atoms with Crippen molar-refractivity contribution in [3.8, 4) is 11.5 Å². The molecule has 1 atom stereocenters. The van der Waals surface area contributed by atoms with Gasteiger partial charge in [0.1, 0.15) is 11.5 Å². The molecule has 0 fully saturated rings. The van der Waals surface area contributed by atoms with Gasteiger partial charge >= 0.3 is 0 Å². The quantitative estimate of drug-likeness (QED) is 0.154. The number of carbonyl (C=O) groups is 2. The molecule has 2 amide bonds. The van der Waals surface area contributed by atoms with Gasteiger partial charge in [0.2, 0.25) is 0 Å². The zero-order valence-corrected chi connectivity index (χ0v) is 22.4. The molecule has 0 aliphatic heterocycles. The molecular formula is C32H26ClN3O4. The fourth-order valence-electron chi connectivity index (χ4n) is 4.39. The van der Waals surface area contributed by atoms with Crippen LogP contribution in [0.5, 0.6) is 11.5 Å². The van der Waals surface area contributed by atoms with Crippen molar-refractivity contribution in [1.29, 1.82) is 0 Å². The first-order valence-electron chi connectivity index (χ1n) is 12.6. The summed E-state index contributed by atoms with van der Waals surface area (Å²) < 4.78 is 5.91. The van der Waals surface area contributed by atoms with Crippen LogP contribution in [0.2, 0.25) is 5.02 Å². The van der Waals surface area contributed by atoms with E-state index in [1.54, 1.807) is 12.1 Å². The summed E-state index contributed by atoms with van der Waals surface area (Å²) in [5.74, 6) is -0.241. The molecule has 0 aliphatic carbocycles. The minimum atomic E-state index is -0.466. The van der Waals surface area contributed by atoms with Crippen molar-refractivity contribution in [2.75, 3.05) is 6.61 Å². The van der Waals surface area contributed by atoms with Crippen LogP contribution in [0, 0.1) is 0 Å². The van der Waals surface area contributed by atoms with Crippen molar-refractivity contribution in [3.05, 3.63) is 119 Å². The zero-order chi connectivity index (χ0) is 28.1. The van der Waals surface area contributed by atoms with Crippen LogP contribution in [-0.4, -0.2) is 29.7 Å². The Morgan fingerprint density at radius 3 is 2.48 bits per heavy atom. The van der Waals surface area contributed by atoms with Crippen molar-refractivity contribution < 1.29 is 19.4 Å². The molecule has 200 valence electrons. The van der Waals surface area contributed by atoms with Crippen LogP contribution >= 0.6 is 11.6 Å². The number of hydrogen-bond donors (Lipinski definition) is 3. The predicted octanol–water partition coefficient (Wildman–Crippen LogP) is 6.37. The summed E-state index contributed by atoms with van der Waals surface area (Å²) in [6, 6.07) is 29.4. The number of ether oxygens (including phenoxy) is 1. The van der Waals surface area contributed by atoms with Crippen molar-refractivity contribution >= 4 is 51.2 Å². The number of nitrogens with one attached hydrogen (secondary N) is 2. The van der Waals surface area contributed by atoms with Crippen LogP contribution in [0.3, 0.4) is 0 Å². The van der Waals surface area contributed by atoms with E-state index in [1.165, 1.54) is 24.4 Å². The standard InChI is InChI=1S/C32H26ClN3O4/c1-20(22-11-10-21-6-2-3-7-23(21)16-22)35-31(38)19-40-30-15-13-25(26-8-4-5-9-27(26)30)18-34-36-32(39)24-12-14-29(37)28(33)17-24/h2-18,20,37H,19H2,1H3,(H,35,38)(H,36,39)/b34-18+/t20-/m0/s1. The molecule has 5 rings (SSSR count). The first kappa shape index (κ1) is 26.7. The lowest BCUT2D eigenvalue weighted by Gasteiger charge is -2.16. The van der Waals surface area contributed by atoms with Crippen molar-refractivity contribution in [1.82, 2.24) is 10.7 Å². The summed E-state index contributed by atoms with van der Waals surface area (Å²) in [5, 5.41) is 20.6. The van der Waals surface area contributed by atoms with Crippen LogP contribution in [0.25, 0.3) is 21.5 Å². The number of fused-ring (bicyclic) bond motifs is 2. The van der Waals surface area contributed by atoms with Crippen LogP contribution in [0.4, 0.5) is 0 Å². The lowest BCUT2D eigenvalue weighted by atomic mass is 10.0. The van der Waals surface area contributed by atoms with Crippen molar-refractivity contribution in [2.24, 2.45) is 5.10 Å². The molecule has 0 bridgehead atoms. The highest BCUT2D eigenvalue weighted by Crippen LogP contribution is 2.28. The third kappa shape index (κ3) is 6.06. The molecule has 0 spiro atoms. The van der Waals surface area contributed by atoms with Crippen LogP contribution < -0.4 is 15.5 Å². The molecule has 7 nitrogen and oxygen atoms in total. The average molecular weight is 552 g/mol. The number of hydrogen-bond acceptors (Lipinski definition) is 5. The Labute approximate surface area is 236 Å². The maximum Gasteiger partial charge on any atom is 0.271 e. The lowest BCUT2D eigenvalue weighted by Crippen LogP contribution is -2.31. The number of benzene rings is 5. The first-order chi connectivity index (χ1) is 19.4. The molecule has 5 aromatic rings. The van der Waals surface area contributed by atoms with E-state index in [0.717, 1.165) is 32.7 Å². The average Bonchev–Trinajstić information content (AvgIpc) is 2.97. The molecule has 3 N–H and O–H groups in total. The molecule has 0 unspecified atom stereocenters. The Bertz CT molecular complexity index is 1750. The minimum absolute atomic E-state index is 0.0787. The van der Waals surface area contributed by atoms with Crippen molar-refractivity contribution in [2.45, 2.75) is 13.0 Å². The Balaban J connectivity index is 1.23. The SMILES string of the molecule is C[C@H](NC(=O)COc1ccc(/C=N/NC(=O)c2ccc(O)c(Cl)c2)c2ccccc12)c1ccc2ccccc2c1. The molecule has 40 heavy (non-hydrogen) atoms. The van der Waals surface area contributed by atoms with Gasteiger partial charge in [0.15, 0.2) is 6.61 Å². The molecule has 0 radical (unpaired) electrons. The second-order valence-electron chi connectivity index (χ2n) is 9.25. The maximum absolute atomic E-state index is 12.7. The molecule has 8 heteroatoms. The van der Waals surface area contributed by atoms with E-state index in [0.29, 0.717) is 5.75 Å². The van der Waals surface area contributed by atoms with Gasteiger partial charge in [-0.15, -0.1) is 0 Å². The van der Waals surface area contributed by atoms with Gasteiger partial charge < -0.3 is 15.2 Å². The van der Waals surface area contributed by atoms with Gasteiger partial charge in [-0.25, -0.2) is 5.43 Å². The van der Waals surface area contributed by atoms with Gasteiger partial charge in [-0.1, -0.05) is 72.3 Å². The molecule has 0 heterocycles. The van der Waals surface area contributed by atoms with Gasteiger partial charge in [0.05, 0.1) is 17.3 Å². The van der Waals surface area contributed by atoms with Crippen molar-refractivity contribution in [3.63, 3.8) is 0 Å². The van der Waals surface area contributed by atoms with E-state index < -0.39 is 5.91 Å². The molecule has 0 aliphatic rings. The monoisotopic (exact) mass is 551 g/mol. The number of hydrazone groups is 1. The highest BCUT2D eigenvalue weighted by atomic mass is 35.5. The van der Waals surface area contributed by atoms with E-state index in [1.807, 2.05) is 49.4 Å². The molecule has 5 aromatic carbocycles. The van der Waals surface area contributed by atoms with Crippen LogP contribution in [0.15, 0.2) is 102 Å². The van der Waals surface area contributed by atoms with Gasteiger partial charge in [0.25, 0.3) is 11.8 Å². The van der Waals surface area contributed by atoms with E-state index >= 15 is 0 Å². The molecule has 0 saturated carbocycles. The topological polar surface area (TPSA) is 100 Å². The number of rotatable bonds is 8. The fraction of sp³-hybridized carbons (Fsp3) is 0.0938. The lowest BCUT2D eigenvalue weighted by molar-refractivity contribution is -0.123. The summed E-state index contributed by atoms with van der Waals surface area (Å²) in [5.41, 5.74) is 4.49. The predicted molar refractivity (Wildman–Crippen MR) is 158 cm³/mol. The maximum atomic E-state index is 12.7. The second kappa shape index (κ2) is 11.9. The largest absolute Gasteiger partial charge is 0.506 e. The third-order valence-corrected chi connectivity index (χ3v) is 6.81. The number of phenolic OH excluding ortho intramolecular Hbond substituents is 1. The van der Waals surface area contributed by atoms with Gasteiger partial charge in [-0.3, -0.25) is 9.59 Å². The fourth-order valence-corrected chi connectivity index (χ4v) is 4.57. The second-order valence-corrected chi connectivity index (χ2v) is 9.66. The first-order valence-corrected chi connectivity index (χ1v) is 13.0. The van der Waals surface area contributed by atoms with E-state index in [2.05, 4.69) is 40.1 Å². The highest BCUT2D eigenvalue weighted by Gasteiger charge is 2.13. The zero-order valence-electron chi connectivity index (χ0n) is 21.6. The number of amides is 2. The summed E-state index contributed by atoms with van der Waals surface area (Å²) in [6.45, 7) is 1.81. The molecular weight excluding hydrogens is 526 g/mol. The van der Waals surface area contributed by atoms with E-state index in [-0.39, 0.29) is 34.9 Å². The summed E-state index contributed by atoms with van der Waals surface area (Å²) >= 11 is 5.88. The Morgan fingerprint density at radius 2 is 1.68 bits per heavy atom. The number of phenols is 1. The van der Waals surface area contributed by atoms with Gasteiger partial charge in [-0.2, -0.15) is 5.10 Å². The number of halogens is 1. The summed E-state index contributed by atoms with van der Waals surface area (Å²) in [4.78, 5) is 25.1. The Hall–Kier alpha value is -4.88. The minimum Gasteiger partial charge on any atom is -0.506 e. The third-order valence-electron chi connectivity index (χ3n) is 6.51. The summed E-state index contributed by atoms with van der Waals surface area (Å²) in [6.07, 6.45) is 1.53. The smallest absolute Gasteiger partial charge is 0.271 e. The van der Waals surface area contributed by atoms with E-state index in [4.69, 9.17) is 16.3 Å². The molecule has 0 saturated heterocycles. The van der Waals surface area contributed by atoms with Gasteiger partial charge in [-0.05, 0) is 65.0 Å². The van der Waals surface area contributed by atoms with Gasteiger partial charge in [0, 0.05) is 16.5 Å². The summed E-state index contributed by atoms with van der Waals surface area (Å²) in [7, 11) is 0. The van der Waals surface area contributed by atoms with Crippen LogP contribution in [0.1, 0.15) is 34.5 Å². The number of carbonyl (C=O) groups excluding carboxylic acids is 2. The highest BCUT2D eigenvalue weighted by molar-refractivity contribution is 6.32. The molecule has 0 aromatic heterocycles. The van der Waals surface area contributed by atoms with Crippen LogP contribution in [-0.2, 0) is 4.79 Å².